The first-order chi connectivity index (χ1) is 8.20. The van der Waals surface area contributed by atoms with Gasteiger partial charge in [-0.1, -0.05) is 6.07 Å². The van der Waals surface area contributed by atoms with Gasteiger partial charge in [-0.3, -0.25) is 4.79 Å². The van der Waals surface area contributed by atoms with E-state index in [1.165, 1.54) is 0 Å². The van der Waals surface area contributed by atoms with E-state index in [0.29, 0.717) is 0 Å². The Kier molecular flexibility index (Phi) is 3.79. The minimum absolute atomic E-state index is 0.579. The molecule has 0 amide bonds. The van der Waals surface area contributed by atoms with Gasteiger partial charge in [-0.2, -0.15) is 0 Å². The molecule has 0 atom stereocenters. The number of ether oxygens (including phenoxy) is 2. The van der Waals surface area contributed by atoms with Gasteiger partial charge in [0, 0.05) is 6.92 Å². The van der Waals surface area contributed by atoms with Gasteiger partial charge in [-0.05, 0) is 12.1 Å². The van der Waals surface area contributed by atoms with Crippen molar-refractivity contribution >= 4 is 11.9 Å². The van der Waals surface area contributed by atoms with Gasteiger partial charge in [0.15, 0.2) is 0 Å². The molecule has 18 heavy (non-hydrogen) atoms. The Morgan fingerprint density at radius 2 is 1.78 bits per heavy atom. The molecule has 0 radical (unpaired) electrons. The Morgan fingerprint density at radius 3 is 2.22 bits per heavy atom. The standard InChI is InChI=1S/C10H7F3O5/c1-5(14)17-6-3-2-4-7(8(6)9(15)16)18-10(11,12)13/h2-4H,1H3,(H,15,16)/p-1. The molecule has 0 aromatic heterocycles. The van der Waals surface area contributed by atoms with Crippen molar-refractivity contribution in [3.63, 3.8) is 0 Å². The van der Waals surface area contributed by atoms with Crippen LogP contribution >= 0.6 is 0 Å². The number of esters is 1. The van der Waals surface area contributed by atoms with Crippen LogP contribution in [0.15, 0.2) is 18.2 Å². The first-order valence-electron chi connectivity index (χ1n) is 4.49. The van der Waals surface area contributed by atoms with E-state index in [-0.39, 0.29) is 0 Å². The summed E-state index contributed by atoms with van der Waals surface area (Å²) in [4.78, 5) is 21.4. The molecule has 8 heteroatoms. The van der Waals surface area contributed by atoms with Crippen LogP contribution in [-0.4, -0.2) is 18.3 Å². The molecule has 0 saturated heterocycles. The molecular weight excluding hydrogens is 257 g/mol. The van der Waals surface area contributed by atoms with Crippen LogP contribution in [0.4, 0.5) is 13.2 Å². The number of hydrogen-bond donors (Lipinski definition) is 0. The number of halogens is 3. The van der Waals surface area contributed by atoms with E-state index in [4.69, 9.17) is 0 Å². The number of carbonyl (C=O) groups excluding carboxylic acids is 2. The zero-order chi connectivity index (χ0) is 13.9. The van der Waals surface area contributed by atoms with E-state index in [1.807, 2.05) is 0 Å². The number of hydrogen-bond acceptors (Lipinski definition) is 5. The summed E-state index contributed by atoms with van der Waals surface area (Å²) in [6, 6.07) is 2.83. The lowest BCUT2D eigenvalue weighted by atomic mass is 10.2. The van der Waals surface area contributed by atoms with Crippen LogP contribution in [-0.2, 0) is 4.79 Å². The summed E-state index contributed by atoms with van der Waals surface area (Å²) in [5.41, 5.74) is -0.981. The molecule has 0 heterocycles. The number of aromatic carboxylic acids is 1. The maximum Gasteiger partial charge on any atom is 0.573 e. The van der Waals surface area contributed by atoms with E-state index >= 15 is 0 Å². The second-order valence-electron chi connectivity index (χ2n) is 3.06. The van der Waals surface area contributed by atoms with Crippen LogP contribution in [0, 0.1) is 0 Å². The topological polar surface area (TPSA) is 75.7 Å². The van der Waals surface area contributed by atoms with Crippen LogP contribution in [0.5, 0.6) is 11.5 Å². The van der Waals surface area contributed by atoms with Crippen molar-refractivity contribution in [1.82, 2.24) is 0 Å². The fraction of sp³-hybridized carbons (Fsp3) is 0.200. The molecule has 0 unspecified atom stereocenters. The fourth-order valence-corrected chi connectivity index (χ4v) is 1.16. The highest BCUT2D eigenvalue weighted by molar-refractivity contribution is 5.93. The molecule has 0 aliphatic rings. The molecule has 0 spiro atoms. The van der Waals surface area contributed by atoms with Crippen LogP contribution in [0.3, 0.4) is 0 Å². The van der Waals surface area contributed by atoms with E-state index in [0.717, 1.165) is 25.1 Å². The number of carboxylic acid groups (broad SMARTS) is 1. The molecule has 5 nitrogen and oxygen atoms in total. The zero-order valence-electron chi connectivity index (χ0n) is 8.91. The lowest BCUT2D eigenvalue weighted by Gasteiger charge is -2.16. The second-order valence-corrected chi connectivity index (χ2v) is 3.06. The largest absolute Gasteiger partial charge is 0.573 e. The van der Waals surface area contributed by atoms with Crippen molar-refractivity contribution in [3.05, 3.63) is 23.8 Å². The van der Waals surface area contributed by atoms with Crippen molar-refractivity contribution in [2.45, 2.75) is 13.3 Å². The van der Waals surface area contributed by atoms with Crippen molar-refractivity contribution in [3.8, 4) is 11.5 Å². The number of rotatable bonds is 3. The molecular formula is C10H6F3O5-. The maximum absolute atomic E-state index is 12.0. The quantitative estimate of drug-likeness (QED) is 0.597. The summed E-state index contributed by atoms with van der Waals surface area (Å²) in [5, 5.41) is 10.8. The minimum atomic E-state index is -5.07. The molecule has 98 valence electrons. The molecule has 0 aliphatic heterocycles. The molecule has 0 bridgehead atoms. The van der Waals surface area contributed by atoms with Crippen molar-refractivity contribution < 1.29 is 37.3 Å². The molecule has 1 aromatic carbocycles. The van der Waals surface area contributed by atoms with Crippen LogP contribution in [0.25, 0.3) is 0 Å². The third-order valence-corrected chi connectivity index (χ3v) is 1.67. The Morgan fingerprint density at radius 1 is 1.22 bits per heavy atom. The minimum Gasteiger partial charge on any atom is -0.545 e. The molecule has 0 aliphatic carbocycles. The smallest absolute Gasteiger partial charge is 0.545 e. The molecule has 1 rings (SSSR count). The van der Waals surface area contributed by atoms with Gasteiger partial charge in [0.2, 0.25) is 0 Å². The molecule has 0 fully saturated rings. The monoisotopic (exact) mass is 263 g/mol. The number of benzene rings is 1. The number of carbonyl (C=O) groups is 2. The van der Waals surface area contributed by atoms with E-state index in [9.17, 15) is 27.9 Å². The van der Waals surface area contributed by atoms with Gasteiger partial charge >= 0.3 is 12.3 Å². The van der Waals surface area contributed by atoms with E-state index < -0.39 is 35.4 Å². The summed E-state index contributed by atoms with van der Waals surface area (Å²) < 4.78 is 44.1. The Balaban J connectivity index is 3.26. The van der Waals surface area contributed by atoms with Gasteiger partial charge in [0.25, 0.3) is 0 Å². The summed E-state index contributed by atoms with van der Waals surface area (Å²) in [6.07, 6.45) is -5.07. The highest BCUT2D eigenvalue weighted by Gasteiger charge is 2.33. The van der Waals surface area contributed by atoms with Crippen molar-refractivity contribution in [2.24, 2.45) is 0 Å². The Bertz CT molecular complexity index is 481. The predicted octanol–water partition coefficient (Wildman–Crippen LogP) is 0.874. The lowest BCUT2D eigenvalue weighted by molar-refractivity contribution is -0.276. The highest BCUT2D eigenvalue weighted by atomic mass is 19.4. The van der Waals surface area contributed by atoms with Crippen LogP contribution in [0.1, 0.15) is 17.3 Å². The second kappa shape index (κ2) is 4.94. The first kappa shape index (κ1) is 13.8. The van der Waals surface area contributed by atoms with E-state index in [2.05, 4.69) is 9.47 Å². The predicted molar refractivity (Wildman–Crippen MR) is 48.8 cm³/mol. The summed E-state index contributed by atoms with van der Waals surface area (Å²) >= 11 is 0. The fourth-order valence-electron chi connectivity index (χ4n) is 1.16. The molecule has 1 aromatic rings. The first-order valence-corrected chi connectivity index (χ1v) is 4.49. The maximum atomic E-state index is 12.0. The van der Waals surface area contributed by atoms with Gasteiger partial charge in [0.1, 0.15) is 11.5 Å². The van der Waals surface area contributed by atoms with Crippen LogP contribution in [0.2, 0.25) is 0 Å². The van der Waals surface area contributed by atoms with Crippen molar-refractivity contribution in [1.29, 1.82) is 0 Å². The average molecular weight is 263 g/mol. The summed E-state index contributed by atoms with van der Waals surface area (Å²) in [7, 11) is 0. The Labute approximate surface area is 98.7 Å². The Hall–Kier alpha value is -2.25. The third-order valence-electron chi connectivity index (χ3n) is 1.67. The van der Waals surface area contributed by atoms with Gasteiger partial charge < -0.3 is 19.4 Å². The lowest BCUT2D eigenvalue weighted by Crippen LogP contribution is -2.26. The zero-order valence-corrected chi connectivity index (χ0v) is 8.91. The average Bonchev–Trinajstić information content (AvgIpc) is 2.13. The summed E-state index contributed by atoms with van der Waals surface area (Å²) in [5.74, 6) is -4.43. The summed E-state index contributed by atoms with van der Waals surface area (Å²) in [6.45, 7) is 0.969. The molecule has 0 saturated carbocycles. The SMILES string of the molecule is CC(=O)Oc1cccc(OC(F)(F)F)c1C(=O)[O-]. The molecule has 0 N–H and O–H groups in total. The van der Waals surface area contributed by atoms with E-state index in [1.54, 1.807) is 0 Å². The normalized spacial score (nSPS) is 10.9. The van der Waals surface area contributed by atoms with Gasteiger partial charge in [0.05, 0.1) is 11.5 Å². The highest BCUT2D eigenvalue weighted by Crippen LogP contribution is 2.32. The third kappa shape index (κ3) is 3.65. The number of alkyl halides is 3. The van der Waals surface area contributed by atoms with Gasteiger partial charge in [-0.25, -0.2) is 0 Å². The van der Waals surface area contributed by atoms with Gasteiger partial charge in [-0.15, -0.1) is 13.2 Å². The van der Waals surface area contributed by atoms with Crippen molar-refractivity contribution in [2.75, 3.05) is 0 Å². The number of carboxylic acids is 1. The van der Waals surface area contributed by atoms with Crippen LogP contribution < -0.4 is 14.6 Å².